The lowest BCUT2D eigenvalue weighted by atomic mass is 10.1. The van der Waals surface area contributed by atoms with E-state index in [4.69, 9.17) is 9.15 Å². The quantitative estimate of drug-likeness (QED) is 0.460. The smallest absolute Gasteiger partial charge is 0.251 e. The van der Waals surface area contributed by atoms with Crippen molar-refractivity contribution in [1.29, 1.82) is 0 Å². The van der Waals surface area contributed by atoms with Gasteiger partial charge >= 0.3 is 0 Å². The Morgan fingerprint density at radius 2 is 1.86 bits per heavy atom. The van der Waals surface area contributed by atoms with Gasteiger partial charge in [-0.25, -0.2) is 8.42 Å². The number of nitrogens with zero attached hydrogens (tertiary/aromatic N) is 2. The van der Waals surface area contributed by atoms with Crippen LogP contribution >= 0.6 is 0 Å². The molecule has 186 valence electrons. The summed E-state index contributed by atoms with van der Waals surface area (Å²) in [6, 6.07) is 17.5. The van der Waals surface area contributed by atoms with Crippen molar-refractivity contribution in [3.05, 3.63) is 83.8 Å². The topological polar surface area (TPSA) is 92.1 Å². The number of methoxy groups -OCH3 is 1. The summed E-state index contributed by atoms with van der Waals surface area (Å²) in [6.07, 6.45) is 3.86. The zero-order chi connectivity index (χ0) is 24.8. The Morgan fingerprint density at radius 3 is 2.51 bits per heavy atom. The Morgan fingerprint density at radius 1 is 1.11 bits per heavy atom. The molecule has 3 aromatic rings. The number of benzene rings is 2. The van der Waals surface area contributed by atoms with Gasteiger partial charge in [-0.3, -0.25) is 9.69 Å². The maximum atomic E-state index is 13.4. The average Bonchev–Trinajstić information content (AvgIpc) is 3.59. The first kappa shape index (κ1) is 25.0. The molecule has 1 atom stereocenters. The molecule has 1 saturated heterocycles. The van der Waals surface area contributed by atoms with Crippen molar-refractivity contribution in [2.75, 3.05) is 33.8 Å². The monoisotopic (exact) mass is 497 g/mol. The van der Waals surface area contributed by atoms with Crippen molar-refractivity contribution in [2.24, 2.45) is 0 Å². The van der Waals surface area contributed by atoms with Gasteiger partial charge in [0.05, 0.1) is 19.4 Å². The highest BCUT2D eigenvalue weighted by Gasteiger charge is 2.28. The van der Waals surface area contributed by atoms with Gasteiger partial charge in [-0.2, -0.15) is 4.31 Å². The third-order valence-electron chi connectivity index (χ3n) is 6.27. The molecule has 4 rings (SSSR count). The molecule has 2 aromatic carbocycles. The maximum absolute atomic E-state index is 13.4. The molecule has 1 unspecified atom stereocenters. The largest absolute Gasteiger partial charge is 0.495 e. The van der Waals surface area contributed by atoms with E-state index in [1.165, 1.54) is 30.6 Å². The number of hydrogen-bond acceptors (Lipinski definition) is 6. The van der Waals surface area contributed by atoms with Crippen LogP contribution in [0.3, 0.4) is 0 Å². The number of rotatable bonds is 10. The molecule has 2 heterocycles. The van der Waals surface area contributed by atoms with Gasteiger partial charge in [0.2, 0.25) is 10.0 Å². The number of hydrogen-bond donors (Lipinski definition) is 1. The zero-order valence-electron chi connectivity index (χ0n) is 20.0. The van der Waals surface area contributed by atoms with Gasteiger partial charge in [-0.05, 0) is 61.8 Å². The highest BCUT2D eigenvalue weighted by molar-refractivity contribution is 7.89. The van der Waals surface area contributed by atoms with Crippen LogP contribution in [0.5, 0.6) is 5.75 Å². The predicted octanol–water partition coefficient (Wildman–Crippen LogP) is 3.68. The van der Waals surface area contributed by atoms with Crippen molar-refractivity contribution in [2.45, 2.75) is 30.3 Å². The SMILES string of the molecule is COc1ccc(C(=O)NCC(c2ccco2)N2CCCC2)cc1S(=O)(=O)N(C)Cc1ccccc1. The van der Waals surface area contributed by atoms with Gasteiger partial charge in [0, 0.05) is 25.7 Å². The summed E-state index contributed by atoms with van der Waals surface area (Å²) in [5, 5.41) is 2.96. The van der Waals surface area contributed by atoms with Gasteiger partial charge in [0.1, 0.15) is 16.4 Å². The number of sulfonamides is 1. The van der Waals surface area contributed by atoms with Crippen LogP contribution in [-0.2, 0) is 16.6 Å². The summed E-state index contributed by atoms with van der Waals surface area (Å²) in [5.41, 5.74) is 1.11. The van der Waals surface area contributed by atoms with Gasteiger partial charge in [0.15, 0.2) is 0 Å². The minimum atomic E-state index is -3.91. The molecular weight excluding hydrogens is 466 g/mol. The number of ether oxygens (including phenoxy) is 1. The summed E-state index contributed by atoms with van der Waals surface area (Å²) >= 11 is 0. The van der Waals surface area contributed by atoms with E-state index >= 15 is 0 Å². The van der Waals surface area contributed by atoms with Crippen LogP contribution < -0.4 is 10.1 Å². The molecular formula is C26H31N3O5S. The van der Waals surface area contributed by atoms with Crippen molar-refractivity contribution >= 4 is 15.9 Å². The normalized spacial score (nSPS) is 15.3. The first-order valence-electron chi connectivity index (χ1n) is 11.6. The summed E-state index contributed by atoms with van der Waals surface area (Å²) in [5.74, 6) is 0.630. The third-order valence-corrected chi connectivity index (χ3v) is 8.10. The molecule has 1 N–H and O–H groups in total. The molecule has 0 saturated carbocycles. The second kappa shape index (κ2) is 11.1. The van der Waals surface area contributed by atoms with Crippen LogP contribution in [0.4, 0.5) is 0 Å². The van der Waals surface area contributed by atoms with E-state index in [1.807, 2.05) is 42.5 Å². The second-order valence-electron chi connectivity index (χ2n) is 8.60. The molecule has 9 heteroatoms. The standard InChI is InChI=1S/C26H31N3O5S/c1-28(19-20-9-4-3-5-10-20)35(31,32)25-17-21(12-13-24(25)33-2)26(30)27-18-22(23-11-8-16-34-23)29-14-6-7-15-29/h3-5,8-13,16-17,22H,6-7,14-15,18-19H2,1-2H3,(H,27,30). The van der Waals surface area contributed by atoms with Crippen molar-refractivity contribution in [1.82, 2.24) is 14.5 Å². The Labute approximate surface area is 206 Å². The Kier molecular flexibility index (Phi) is 7.90. The van der Waals surface area contributed by atoms with Crippen molar-refractivity contribution in [3.63, 3.8) is 0 Å². The number of carbonyl (C=O) groups is 1. The minimum Gasteiger partial charge on any atom is -0.495 e. The van der Waals surface area contributed by atoms with Crippen LogP contribution in [0.1, 0.15) is 40.6 Å². The summed E-state index contributed by atoms with van der Waals surface area (Å²) < 4.78 is 39.0. The number of likely N-dealkylation sites (tertiary alicyclic amines) is 1. The summed E-state index contributed by atoms with van der Waals surface area (Å²) in [4.78, 5) is 15.3. The molecule has 1 fully saturated rings. The lowest BCUT2D eigenvalue weighted by Gasteiger charge is -2.26. The number of nitrogens with one attached hydrogen (secondary N) is 1. The predicted molar refractivity (Wildman–Crippen MR) is 133 cm³/mol. The molecule has 0 bridgehead atoms. The average molecular weight is 498 g/mol. The molecule has 1 amide bonds. The van der Waals surface area contributed by atoms with E-state index in [9.17, 15) is 13.2 Å². The lowest BCUT2D eigenvalue weighted by molar-refractivity contribution is 0.0933. The van der Waals surface area contributed by atoms with E-state index in [-0.39, 0.29) is 34.7 Å². The van der Waals surface area contributed by atoms with Crippen LogP contribution in [-0.4, -0.2) is 57.3 Å². The number of amides is 1. The van der Waals surface area contributed by atoms with Crippen LogP contribution in [0.25, 0.3) is 0 Å². The van der Waals surface area contributed by atoms with Gasteiger partial charge in [-0.15, -0.1) is 0 Å². The van der Waals surface area contributed by atoms with Crippen LogP contribution in [0, 0.1) is 0 Å². The van der Waals surface area contributed by atoms with Crippen LogP contribution in [0.2, 0.25) is 0 Å². The molecule has 1 aromatic heterocycles. The van der Waals surface area contributed by atoms with Gasteiger partial charge < -0.3 is 14.5 Å². The van der Waals surface area contributed by atoms with Gasteiger partial charge in [0.25, 0.3) is 5.91 Å². The maximum Gasteiger partial charge on any atom is 0.251 e. The molecule has 0 aliphatic carbocycles. The first-order valence-corrected chi connectivity index (χ1v) is 13.1. The number of carbonyl (C=O) groups excluding carboxylic acids is 1. The van der Waals surface area contributed by atoms with E-state index in [1.54, 1.807) is 12.3 Å². The van der Waals surface area contributed by atoms with E-state index in [0.29, 0.717) is 6.54 Å². The molecule has 35 heavy (non-hydrogen) atoms. The molecule has 0 spiro atoms. The Hall–Kier alpha value is -3.14. The number of furan rings is 1. The fourth-order valence-corrected chi connectivity index (χ4v) is 5.68. The van der Waals surface area contributed by atoms with E-state index in [2.05, 4.69) is 10.2 Å². The fourth-order valence-electron chi connectivity index (χ4n) is 4.35. The van der Waals surface area contributed by atoms with Crippen molar-refractivity contribution < 1.29 is 22.4 Å². The molecule has 8 nitrogen and oxygen atoms in total. The van der Waals surface area contributed by atoms with Gasteiger partial charge in [-0.1, -0.05) is 30.3 Å². The summed E-state index contributed by atoms with van der Waals surface area (Å²) in [7, 11) is -0.986. The first-order chi connectivity index (χ1) is 16.9. The van der Waals surface area contributed by atoms with E-state index in [0.717, 1.165) is 37.3 Å². The van der Waals surface area contributed by atoms with Crippen molar-refractivity contribution in [3.8, 4) is 5.75 Å². The molecule has 0 radical (unpaired) electrons. The zero-order valence-corrected chi connectivity index (χ0v) is 20.8. The van der Waals surface area contributed by atoms with E-state index < -0.39 is 10.0 Å². The lowest BCUT2D eigenvalue weighted by Crippen LogP contribution is -2.36. The summed E-state index contributed by atoms with van der Waals surface area (Å²) in [6.45, 7) is 2.44. The second-order valence-corrected chi connectivity index (χ2v) is 10.6. The fraction of sp³-hybridized carbons (Fsp3) is 0.346. The Bertz CT molecular complexity index is 1220. The molecule has 1 aliphatic heterocycles. The van der Waals surface area contributed by atoms with Crippen LogP contribution in [0.15, 0.2) is 76.2 Å². The highest BCUT2D eigenvalue weighted by atomic mass is 32.2. The Balaban J connectivity index is 1.52. The minimum absolute atomic E-state index is 0.0480. The molecule has 1 aliphatic rings. The highest BCUT2D eigenvalue weighted by Crippen LogP contribution is 2.29. The third kappa shape index (κ3) is 5.75.